The summed E-state index contributed by atoms with van der Waals surface area (Å²) in [7, 11) is 0. The van der Waals surface area contributed by atoms with Crippen LogP contribution in [0.2, 0.25) is 0 Å². The minimum Gasteiger partial charge on any atom is -0.324 e. The lowest BCUT2D eigenvalue weighted by molar-refractivity contribution is 0.867. The van der Waals surface area contributed by atoms with E-state index in [1.807, 2.05) is 18.2 Å². The van der Waals surface area contributed by atoms with E-state index in [2.05, 4.69) is 58.4 Å². The van der Waals surface area contributed by atoms with E-state index >= 15 is 0 Å². The topological polar surface area (TPSA) is 50.7 Å². The molecule has 0 saturated heterocycles. The molecule has 1 aromatic carbocycles. The van der Waals surface area contributed by atoms with Crippen LogP contribution in [0.1, 0.15) is 25.3 Å². The van der Waals surface area contributed by atoms with Crippen LogP contribution in [0.25, 0.3) is 11.3 Å². The van der Waals surface area contributed by atoms with E-state index in [1.54, 1.807) is 18.6 Å². The van der Waals surface area contributed by atoms with E-state index in [-0.39, 0.29) is 0 Å². The average molecular weight is 290 g/mol. The maximum Gasteiger partial charge on any atom is 0.227 e. The summed E-state index contributed by atoms with van der Waals surface area (Å²) in [5.41, 5.74) is 4.12. The van der Waals surface area contributed by atoms with Crippen molar-refractivity contribution >= 4 is 11.6 Å². The standard InChI is InChI=1S/C18H18N4/c1-13(2)14-5-7-16(8-6-14)21-18-20-11-9-17(22-18)15-4-3-10-19-12-15/h3-13H,1-2H3,(H,20,21,22). The molecule has 0 radical (unpaired) electrons. The fourth-order valence-corrected chi connectivity index (χ4v) is 2.17. The van der Waals surface area contributed by atoms with Gasteiger partial charge in [0.05, 0.1) is 5.69 Å². The van der Waals surface area contributed by atoms with Crippen molar-refractivity contribution in [2.75, 3.05) is 5.32 Å². The summed E-state index contributed by atoms with van der Waals surface area (Å²) in [6.45, 7) is 4.37. The fourth-order valence-electron chi connectivity index (χ4n) is 2.17. The van der Waals surface area contributed by atoms with Crippen LogP contribution in [-0.4, -0.2) is 15.0 Å². The first-order chi connectivity index (χ1) is 10.7. The molecule has 2 aromatic heterocycles. The zero-order chi connectivity index (χ0) is 15.4. The highest BCUT2D eigenvalue weighted by Gasteiger charge is 2.03. The van der Waals surface area contributed by atoms with Gasteiger partial charge in [-0.15, -0.1) is 0 Å². The lowest BCUT2D eigenvalue weighted by atomic mass is 10.0. The molecular weight excluding hydrogens is 272 g/mol. The van der Waals surface area contributed by atoms with Crippen LogP contribution in [-0.2, 0) is 0 Å². The van der Waals surface area contributed by atoms with Gasteiger partial charge in [-0.25, -0.2) is 9.97 Å². The van der Waals surface area contributed by atoms with E-state index < -0.39 is 0 Å². The Morgan fingerprint density at radius 3 is 2.45 bits per heavy atom. The zero-order valence-corrected chi connectivity index (χ0v) is 12.7. The van der Waals surface area contributed by atoms with Crippen molar-refractivity contribution in [3.8, 4) is 11.3 Å². The molecule has 0 aliphatic rings. The number of hydrogen-bond donors (Lipinski definition) is 1. The smallest absolute Gasteiger partial charge is 0.227 e. The first kappa shape index (κ1) is 14.2. The normalized spacial score (nSPS) is 10.7. The highest BCUT2D eigenvalue weighted by Crippen LogP contribution is 2.20. The van der Waals surface area contributed by atoms with Crippen LogP contribution >= 0.6 is 0 Å². The molecule has 3 rings (SSSR count). The lowest BCUT2D eigenvalue weighted by Gasteiger charge is -2.09. The highest BCUT2D eigenvalue weighted by molar-refractivity contribution is 5.61. The molecule has 2 heterocycles. The Balaban J connectivity index is 1.81. The second-order valence-electron chi connectivity index (χ2n) is 5.41. The Labute approximate surface area is 130 Å². The third-order valence-corrected chi connectivity index (χ3v) is 3.45. The third kappa shape index (κ3) is 3.28. The number of hydrogen-bond acceptors (Lipinski definition) is 4. The molecule has 0 bridgehead atoms. The fraction of sp³-hybridized carbons (Fsp3) is 0.167. The van der Waals surface area contributed by atoms with Crippen molar-refractivity contribution in [1.82, 2.24) is 15.0 Å². The van der Waals surface area contributed by atoms with Gasteiger partial charge in [0.15, 0.2) is 0 Å². The summed E-state index contributed by atoms with van der Waals surface area (Å²) in [5.74, 6) is 1.11. The van der Waals surface area contributed by atoms with E-state index in [1.165, 1.54) is 5.56 Å². The number of anilines is 2. The van der Waals surface area contributed by atoms with Crippen molar-refractivity contribution < 1.29 is 0 Å². The molecule has 0 fully saturated rings. The Morgan fingerprint density at radius 2 is 1.77 bits per heavy atom. The largest absolute Gasteiger partial charge is 0.324 e. The molecule has 110 valence electrons. The first-order valence-electron chi connectivity index (χ1n) is 7.33. The number of nitrogens with zero attached hydrogens (tertiary/aromatic N) is 3. The van der Waals surface area contributed by atoms with Crippen LogP contribution < -0.4 is 5.32 Å². The molecule has 0 aliphatic carbocycles. The second-order valence-corrected chi connectivity index (χ2v) is 5.41. The zero-order valence-electron chi connectivity index (χ0n) is 12.7. The van der Waals surface area contributed by atoms with Crippen LogP contribution in [0.3, 0.4) is 0 Å². The van der Waals surface area contributed by atoms with Crippen molar-refractivity contribution in [2.24, 2.45) is 0 Å². The molecule has 0 aliphatic heterocycles. The molecule has 22 heavy (non-hydrogen) atoms. The summed E-state index contributed by atoms with van der Waals surface area (Å²) in [6, 6.07) is 14.1. The number of benzene rings is 1. The van der Waals surface area contributed by atoms with Gasteiger partial charge >= 0.3 is 0 Å². The Kier molecular flexibility index (Phi) is 4.10. The summed E-state index contributed by atoms with van der Waals surface area (Å²) < 4.78 is 0. The van der Waals surface area contributed by atoms with Crippen molar-refractivity contribution in [3.63, 3.8) is 0 Å². The summed E-state index contributed by atoms with van der Waals surface area (Å²) in [5, 5.41) is 3.24. The van der Waals surface area contributed by atoms with Gasteiger partial charge in [-0.05, 0) is 41.8 Å². The maximum absolute atomic E-state index is 4.53. The molecule has 4 heteroatoms. The molecule has 4 nitrogen and oxygen atoms in total. The number of nitrogens with one attached hydrogen (secondary N) is 1. The van der Waals surface area contributed by atoms with Crippen molar-refractivity contribution in [3.05, 3.63) is 66.6 Å². The van der Waals surface area contributed by atoms with Gasteiger partial charge in [-0.1, -0.05) is 26.0 Å². The SMILES string of the molecule is CC(C)c1ccc(Nc2nccc(-c3cccnc3)n2)cc1. The third-order valence-electron chi connectivity index (χ3n) is 3.45. The van der Waals surface area contributed by atoms with Gasteiger partial charge in [-0.3, -0.25) is 4.98 Å². The predicted octanol–water partition coefficient (Wildman–Crippen LogP) is 4.41. The molecule has 0 saturated carbocycles. The minimum atomic E-state index is 0.527. The Morgan fingerprint density at radius 1 is 0.955 bits per heavy atom. The van der Waals surface area contributed by atoms with Gasteiger partial charge in [-0.2, -0.15) is 0 Å². The van der Waals surface area contributed by atoms with Gasteiger partial charge in [0, 0.05) is 29.8 Å². The van der Waals surface area contributed by atoms with E-state index in [0.717, 1.165) is 16.9 Å². The van der Waals surface area contributed by atoms with Crippen molar-refractivity contribution in [1.29, 1.82) is 0 Å². The van der Waals surface area contributed by atoms with Crippen LogP contribution in [0, 0.1) is 0 Å². The van der Waals surface area contributed by atoms with E-state index in [9.17, 15) is 0 Å². The number of rotatable bonds is 4. The molecule has 0 atom stereocenters. The van der Waals surface area contributed by atoms with E-state index in [0.29, 0.717) is 11.9 Å². The monoisotopic (exact) mass is 290 g/mol. The van der Waals surface area contributed by atoms with E-state index in [4.69, 9.17) is 0 Å². The quantitative estimate of drug-likeness (QED) is 0.773. The maximum atomic E-state index is 4.53. The Hall–Kier alpha value is -2.75. The number of pyridine rings is 1. The van der Waals surface area contributed by atoms with Gasteiger partial charge in [0.1, 0.15) is 0 Å². The second kappa shape index (κ2) is 6.35. The molecule has 3 aromatic rings. The molecule has 0 unspecified atom stereocenters. The first-order valence-corrected chi connectivity index (χ1v) is 7.33. The van der Waals surface area contributed by atoms with Gasteiger partial charge in [0.25, 0.3) is 0 Å². The van der Waals surface area contributed by atoms with Gasteiger partial charge < -0.3 is 5.32 Å². The highest BCUT2D eigenvalue weighted by atomic mass is 15.1. The lowest BCUT2D eigenvalue weighted by Crippen LogP contribution is -1.98. The molecule has 1 N–H and O–H groups in total. The molecular formula is C18H18N4. The Bertz CT molecular complexity index is 737. The predicted molar refractivity (Wildman–Crippen MR) is 89.1 cm³/mol. The summed E-state index contributed by atoms with van der Waals surface area (Å²) in [6.07, 6.45) is 5.30. The minimum absolute atomic E-state index is 0.527. The van der Waals surface area contributed by atoms with Crippen LogP contribution in [0.5, 0.6) is 0 Å². The van der Waals surface area contributed by atoms with Crippen molar-refractivity contribution in [2.45, 2.75) is 19.8 Å². The summed E-state index contributed by atoms with van der Waals surface area (Å²) in [4.78, 5) is 12.9. The van der Waals surface area contributed by atoms with Gasteiger partial charge in [0.2, 0.25) is 5.95 Å². The van der Waals surface area contributed by atoms with Crippen LogP contribution in [0.4, 0.5) is 11.6 Å². The van der Waals surface area contributed by atoms with Crippen LogP contribution in [0.15, 0.2) is 61.1 Å². The summed E-state index contributed by atoms with van der Waals surface area (Å²) >= 11 is 0. The molecule has 0 spiro atoms. The average Bonchev–Trinajstić information content (AvgIpc) is 2.56. The number of aromatic nitrogens is 3. The molecule has 0 amide bonds.